The fourth-order valence-corrected chi connectivity index (χ4v) is 12.6. The van der Waals surface area contributed by atoms with E-state index >= 15 is 0 Å². The topological polar surface area (TPSA) is 108 Å². The number of hydrogen-bond acceptors (Lipinski definition) is 10. The summed E-state index contributed by atoms with van der Waals surface area (Å²) in [5, 5.41) is 0. The second-order valence-corrected chi connectivity index (χ2v) is 20.8. The van der Waals surface area contributed by atoms with E-state index in [1.54, 1.807) is 28.4 Å². The van der Waals surface area contributed by atoms with E-state index in [4.69, 9.17) is 37.9 Å². The Balaban J connectivity index is 1.04. The summed E-state index contributed by atoms with van der Waals surface area (Å²) in [4.78, 5) is 25.9. The maximum atomic E-state index is 12.9. The molecule has 334 valence electrons. The highest BCUT2D eigenvalue weighted by Crippen LogP contribution is 2.54. The third-order valence-corrected chi connectivity index (χ3v) is 15.5. The van der Waals surface area contributed by atoms with Gasteiger partial charge in [0, 0.05) is 87.2 Å². The van der Waals surface area contributed by atoms with Crippen LogP contribution in [0.5, 0.6) is 11.5 Å². The molecule has 3 aromatic rings. The molecule has 3 aromatic carbocycles. The summed E-state index contributed by atoms with van der Waals surface area (Å²) in [7, 11) is 6.90. The summed E-state index contributed by atoms with van der Waals surface area (Å²) in [6, 6.07) is 17.9. The molecule has 8 aliphatic rings. The lowest BCUT2D eigenvalue weighted by Crippen LogP contribution is -2.49. The number of esters is 2. The van der Waals surface area contributed by atoms with Gasteiger partial charge in [0.25, 0.3) is 0 Å². The van der Waals surface area contributed by atoms with Gasteiger partial charge in [-0.3, -0.25) is 9.59 Å². The van der Waals surface area contributed by atoms with Crippen LogP contribution in [-0.2, 0) is 75.3 Å². The average Bonchev–Trinajstić information content (AvgIpc) is 3.49. The van der Waals surface area contributed by atoms with Gasteiger partial charge in [-0.25, -0.2) is 0 Å². The van der Waals surface area contributed by atoms with E-state index in [0.717, 1.165) is 96.2 Å². The molecule has 11 rings (SSSR count). The van der Waals surface area contributed by atoms with Crippen molar-refractivity contribution in [2.45, 2.75) is 153 Å². The van der Waals surface area contributed by atoms with Crippen molar-refractivity contribution in [3.05, 3.63) is 93.0 Å². The number of hydrogen-bond donors (Lipinski definition) is 0. The van der Waals surface area contributed by atoms with Gasteiger partial charge in [-0.2, -0.15) is 0 Å². The first-order valence-corrected chi connectivity index (χ1v) is 22.9. The van der Waals surface area contributed by atoms with Crippen LogP contribution in [0.15, 0.2) is 48.5 Å². The average molecular weight is 851 g/mol. The highest BCUT2D eigenvalue weighted by atomic mass is 16.6. The van der Waals surface area contributed by atoms with Crippen molar-refractivity contribution in [3.63, 3.8) is 0 Å². The Kier molecular flexibility index (Phi) is 11.6. The maximum Gasteiger partial charge on any atom is 0.309 e. The highest BCUT2D eigenvalue weighted by molar-refractivity contribution is 5.74. The Labute approximate surface area is 367 Å². The second kappa shape index (κ2) is 16.5. The number of benzene rings is 3. The second-order valence-electron chi connectivity index (χ2n) is 20.8. The monoisotopic (exact) mass is 850 g/mol. The summed E-state index contributed by atoms with van der Waals surface area (Å²) < 4.78 is 49.6. The molecule has 4 heterocycles. The molecule has 0 N–H and O–H groups in total. The number of rotatable bonds is 16. The minimum Gasteiger partial charge on any atom is -0.486 e. The fourth-order valence-electron chi connectivity index (χ4n) is 12.6. The van der Waals surface area contributed by atoms with Crippen molar-refractivity contribution in [1.29, 1.82) is 0 Å². The predicted octanol–water partition coefficient (Wildman–Crippen LogP) is 9.43. The van der Waals surface area contributed by atoms with Gasteiger partial charge in [0.05, 0.1) is 38.3 Å². The Morgan fingerprint density at radius 2 is 0.887 bits per heavy atom. The first-order valence-electron chi connectivity index (χ1n) is 22.9. The molecule has 8 unspecified atom stereocenters. The molecule has 0 amide bonds. The standard InChI is InChI=1S/C52H66O10/c1-49(2,41-16-35(27-55-5)45(36(17-41)28-56-6)61-51-21-31-12-33(23-51)47(53)59-43(14-31)25-51)39-10-9-11-40(20-39)50(3,4)42-18-37(29-57-7)46(38(19-42)30-58-8)62-52-22-32-13-34(24-52)48(54)60-44(15-32)26-52/h9-11,16-20,31-34,43-44H,12-15,21-30H2,1-8H3. The van der Waals surface area contributed by atoms with Crippen LogP contribution in [-0.4, -0.2) is 63.8 Å². The summed E-state index contributed by atoms with van der Waals surface area (Å²) in [6.45, 7) is 10.6. The molecule has 4 aliphatic carbocycles. The van der Waals surface area contributed by atoms with E-state index in [0.29, 0.717) is 51.1 Å². The molecule has 4 saturated heterocycles. The molecular formula is C52H66O10. The summed E-state index contributed by atoms with van der Waals surface area (Å²) in [5.41, 5.74) is 6.83. The SMILES string of the molecule is COCc1cc(C(C)(C)c2cccc(C(C)(C)c3cc(COC)c(OC45CC6CC(C4)OC(=O)C(C6)C5)c(COC)c3)c2)cc(COC)c1OC12CC3CC(C1)OC(=O)C(C3)C2. The third-order valence-electron chi connectivity index (χ3n) is 15.5. The number of methoxy groups -OCH3 is 4. The Morgan fingerprint density at radius 1 is 0.516 bits per heavy atom. The van der Waals surface area contributed by atoms with Crippen molar-refractivity contribution in [2.75, 3.05) is 28.4 Å². The molecule has 0 aromatic heterocycles. The van der Waals surface area contributed by atoms with Crippen molar-refractivity contribution in [3.8, 4) is 11.5 Å². The zero-order valence-corrected chi connectivity index (χ0v) is 38.1. The van der Waals surface area contributed by atoms with Gasteiger partial charge in [0.1, 0.15) is 34.9 Å². The Morgan fingerprint density at radius 3 is 1.24 bits per heavy atom. The Hall–Kier alpha value is -3.96. The largest absolute Gasteiger partial charge is 0.486 e. The van der Waals surface area contributed by atoms with Gasteiger partial charge in [0.15, 0.2) is 0 Å². The predicted molar refractivity (Wildman–Crippen MR) is 233 cm³/mol. The van der Waals surface area contributed by atoms with Crippen LogP contribution >= 0.6 is 0 Å². The minimum atomic E-state index is -0.454. The van der Waals surface area contributed by atoms with Crippen LogP contribution in [0.3, 0.4) is 0 Å². The summed E-state index contributed by atoms with van der Waals surface area (Å²) >= 11 is 0. The first-order chi connectivity index (χ1) is 29.7. The third kappa shape index (κ3) is 7.96. The molecule has 4 saturated carbocycles. The van der Waals surface area contributed by atoms with E-state index in [9.17, 15) is 9.59 Å². The van der Waals surface area contributed by atoms with Gasteiger partial charge in [-0.1, -0.05) is 52.0 Å². The summed E-state index contributed by atoms with van der Waals surface area (Å²) in [5.74, 6) is 2.12. The quantitative estimate of drug-likeness (QED) is 0.129. The lowest BCUT2D eigenvalue weighted by atomic mass is 9.65. The van der Waals surface area contributed by atoms with Crippen molar-refractivity contribution in [1.82, 2.24) is 0 Å². The maximum absolute atomic E-state index is 12.9. The van der Waals surface area contributed by atoms with Crippen LogP contribution in [0, 0.1) is 23.7 Å². The highest BCUT2D eigenvalue weighted by Gasteiger charge is 2.56. The lowest BCUT2D eigenvalue weighted by Gasteiger charge is -2.46. The molecule has 8 fully saturated rings. The molecule has 62 heavy (non-hydrogen) atoms. The van der Waals surface area contributed by atoms with E-state index in [-0.39, 0.29) is 36.0 Å². The van der Waals surface area contributed by atoms with Gasteiger partial charge in [-0.05, 0) is 96.9 Å². The minimum absolute atomic E-state index is 0.0605. The normalized spacial score (nSPS) is 29.9. The van der Waals surface area contributed by atoms with Crippen LogP contribution in [0.4, 0.5) is 0 Å². The van der Waals surface area contributed by atoms with E-state index in [1.807, 2.05) is 0 Å². The lowest BCUT2D eigenvalue weighted by molar-refractivity contribution is -0.152. The first kappa shape index (κ1) is 43.3. The molecule has 10 nitrogen and oxygen atoms in total. The molecular weight excluding hydrogens is 785 g/mol. The van der Waals surface area contributed by atoms with Crippen LogP contribution < -0.4 is 9.47 Å². The van der Waals surface area contributed by atoms with E-state index in [1.165, 1.54) is 11.1 Å². The van der Waals surface area contributed by atoms with Crippen LogP contribution in [0.1, 0.15) is 136 Å². The molecule has 4 aliphatic heterocycles. The molecule has 8 bridgehead atoms. The van der Waals surface area contributed by atoms with Gasteiger partial charge < -0.3 is 37.9 Å². The van der Waals surface area contributed by atoms with Crippen molar-refractivity contribution >= 4 is 11.9 Å². The van der Waals surface area contributed by atoms with Crippen LogP contribution in [0.25, 0.3) is 0 Å². The van der Waals surface area contributed by atoms with Crippen molar-refractivity contribution in [2.24, 2.45) is 23.7 Å². The molecule has 8 atom stereocenters. The van der Waals surface area contributed by atoms with Crippen molar-refractivity contribution < 1.29 is 47.5 Å². The number of fused-ring (bicyclic) bond motifs is 2. The van der Waals surface area contributed by atoms with Gasteiger partial charge in [0.2, 0.25) is 0 Å². The zero-order valence-electron chi connectivity index (χ0n) is 38.1. The fraction of sp³-hybridized carbons (Fsp3) is 0.615. The number of carbonyl (C=O) groups is 2. The smallest absolute Gasteiger partial charge is 0.309 e. The number of ether oxygens (including phenoxy) is 8. The van der Waals surface area contributed by atoms with E-state index < -0.39 is 22.0 Å². The zero-order chi connectivity index (χ0) is 43.6. The van der Waals surface area contributed by atoms with Gasteiger partial charge >= 0.3 is 11.9 Å². The molecule has 0 radical (unpaired) electrons. The van der Waals surface area contributed by atoms with Gasteiger partial charge in [-0.15, -0.1) is 0 Å². The Bertz CT molecular complexity index is 1990. The molecule has 10 heteroatoms. The summed E-state index contributed by atoms with van der Waals surface area (Å²) in [6.07, 6.45) is 8.12. The van der Waals surface area contributed by atoms with Crippen LogP contribution in [0.2, 0.25) is 0 Å². The molecule has 0 spiro atoms. The number of carbonyl (C=O) groups excluding carboxylic acids is 2. The van der Waals surface area contributed by atoms with E-state index in [2.05, 4.69) is 76.2 Å².